The van der Waals surface area contributed by atoms with Crippen LogP contribution in [0.2, 0.25) is 0 Å². The number of piperazine rings is 1. The Morgan fingerprint density at radius 2 is 1.93 bits per heavy atom. The van der Waals surface area contributed by atoms with Crippen LogP contribution in [0.15, 0.2) is 60.1 Å². The average molecular weight is 396 g/mol. The molecule has 1 aromatic carbocycles. The van der Waals surface area contributed by atoms with Crippen LogP contribution in [0.3, 0.4) is 0 Å². The lowest BCUT2D eigenvalue weighted by Crippen LogP contribution is -2.53. The molecule has 5 nitrogen and oxygen atoms in total. The van der Waals surface area contributed by atoms with Gasteiger partial charge in [-0.2, -0.15) is 0 Å². The molecular formula is C22H25N3O2S. The molecule has 1 fully saturated rings. The number of fused-ring (bicyclic) bond motifs is 1. The van der Waals surface area contributed by atoms with Gasteiger partial charge in [-0.05, 0) is 29.6 Å². The summed E-state index contributed by atoms with van der Waals surface area (Å²) >= 11 is 1.62. The first-order valence-corrected chi connectivity index (χ1v) is 10.7. The molecule has 2 aliphatic heterocycles. The van der Waals surface area contributed by atoms with Crippen LogP contribution in [0.1, 0.15) is 35.7 Å². The summed E-state index contributed by atoms with van der Waals surface area (Å²) in [5, 5.41) is 4.90. The normalized spacial score (nSPS) is 20.9. The highest BCUT2D eigenvalue weighted by Crippen LogP contribution is 2.36. The highest BCUT2D eigenvalue weighted by atomic mass is 32.1. The minimum absolute atomic E-state index is 0.0339. The van der Waals surface area contributed by atoms with E-state index in [0.29, 0.717) is 13.1 Å². The van der Waals surface area contributed by atoms with E-state index >= 15 is 0 Å². The van der Waals surface area contributed by atoms with E-state index in [0.717, 1.165) is 23.4 Å². The minimum Gasteiger partial charge on any atom is -0.370 e. The zero-order valence-corrected chi connectivity index (χ0v) is 16.6. The van der Waals surface area contributed by atoms with Crippen LogP contribution in [0, 0.1) is 0 Å². The Hall–Kier alpha value is -2.60. The first-order chi connectivity index (χ1) is 13.7. The molecule has 1 N–H and O–H groups in total. The lowest BCUT2D eigenvalue weighted by atomic mass is 9.93. The molecule has 1 aromatic heterocycles. The fourth-order valence-electron chi connectivity index (χ4n) is 4.09. The van der Waals surface area contributed by atoms with Crippen molar-refractivity contribution in [2.75, 3.05) is 13.1 Å². The van der Waals surface area contributed by atoms with Gasteiger partial charge in [-0.15, -0.1) is 11.3 Å². The Morgan fingerprint density at radius 3 is 2.71 bits per heavy atom. The van der Waals surface area contributed by atoms with Crippen molar-refractivity contribution in [1.29, 1.82) is 0 Å². The highest BCUT2D eigenvalue weighted by molar-refractivity contribution is 7.09. The van der Waals surface area contributed by atoms with E-state index in [-0.39, 0.29) is 36.7 Å². The topological polar surface area (TPSA) is 52.7 Å². The molecule has 3 heterocycles. The highest BCUT2D eigenvalue weighted by Gasteiger charge is 2.39. The monoisotopic (exact) mass is 395 g/mol. The molecule has 2 aliphatic rings. The molecule has 146 valence electrons. The smallest absolute Gasteiger partial charge is 0.223 e. The standard InChI is InChI=1S/C22H25N3O2S/c26-20(23-16-18-8-5-15-28-18)10-11-21(27)25-14-13-24-12-4-9-19(24)22(25)17-6-2-1-3-7-17/h1-8,12,15,19,22H,9-11,13-14,16H2,(H,23,26). The van der Waals surface area contributed by atoms with Crippen LogP contribution in [-0.2, 0) is 16.1 Å². The Labute approximate surface area is 169 Å². The van der Waals surface area contributed by atoms with Gasteiger partial charge in [0.15, 0.2) is 0 Å². The number of hydrogen-bond donors (Lipinski definition) is 1. The van der Waals surface area contributed by atoms with Crippen molar-refractivity contribution in [3.8, 4) is 0 Å². The van der Waals surface area contributed by atoms with Gasteiger partial charge in [-0.25, -0.2) is 0 Å². The minimum atomic E-state index is -0.0702. The summed E-state index contributed by atoms with van der Waals surface area (Å²) in [7, 11) is 0. The molecule has 0 aliphatic carbocycles. The van der Waals surface area contributed by atoms with Gasteiger partial charge in [0.1, 0.15) is 0 Å². The van der Waals surface area contributed by atoms with Gasteiger partial charge in [0.2, 0.25) is 11.8 Å². The molecule has 2 aromatic rings. The average Bonchev–Trinajstić information content (AvgIpc) is 3.42. The maximum Gasteiger partial charge on any atom is 0.223 e. The van der Waals surface area contributed by atoms with E-state index in [1.807, 2.05) is 40.6 Å². The van der Waals surface area contributed by atoms with Gasteiger partial charge in [-0.1, -0.05) is 42.5 Å². The van der Waals surface area contributed by atoms with E-state index < -0.39 is 0 Å². The van der Waals surface area contributed by atoms with Gasteiger partial charge in [-0.3, -0.25) is 9.59 Å². The van der Waals surface area contributed by atoms with Crippen molar-refractivity contribution >= 4 is 23.2 Å². The van der Waals surface area contributed by atoms with E-state index in [4.69, 9.17) is 0 Å². The summed E-state index contributed by atoms with van der Waals surface area (Å²) < 4.78 is 0. The van der Waals surface area contributed by atoms with Gasteiger partial charge < -0.3 is 15.1 Å². The molecule has 2 amide bonds. The Bertz CT molecular complexity index is 835. The lowest BCUT2D eigenvalue weighted by Gasteiger charge is -2.45. The first-order valence-electron chi connectivity index (χ1n) is 9.78. The van der Waals surface area contributed by atoms with Crippen LogP contribution in [0.25, 0.3) is 0 Å². The summed E-state index contributed by atoms with van der Waals surface area (Å²) in [6, 6.07) is 14.5. The number of carbonyl (C=O) groups is 2. The van der Waals surface area contributed by atoms with Crippen molar-refractivity contribution in [2.24, 2.45) is 0 Å². The molecule has 0 spiro atoms. The largest absolute Gasteiger partial charge is 0.370 e. The summed E-state index contributed by atoms with van der Waals surface area (Å²) in [5.74, 6) is -0.00847. The van der Waals surface area contributed by atoms with Crippen LogP contribution in [-0.4, -0.2) is 40.7 Å². The van der Waals surface area contributed by atoms with Crippen LogP contribution >= 0.6 is 11.3 Å². The number of benzene rings is 1. The number of thiophene rings is 1. The van der Waals surface area contributed by atoms with Crippen LogP contribution in [0.5, 0.6) is 0 Å². The summed E-state index contributed by atoms with van der Waals surface area (Å²) in [6.07, 6.45) is 5.77. The maximum absolute atomic E-state index is 13.0. The second-order valence-corrected chi connectivity index (χ2v) is 8.26. The second kappa shape index (κ2) is 8.61. The van der Waals surface area contributed by atoms with Gasteiger partial charge in [0.25, 0.3) is 0 Å². The maximum atomic E-state index is 13.0. The summed E-state index contributed by atoms with van der Waals surface area (Å²) in [5.41, 5.74) is 1.16. The van der Waals surface area contributed by atoms with E-state index in [2.05, 4.69) is 34.6 Å². The van der Waals surface area contributed by atoms with Crippen molar-refractivity contribution in [2.45, 2.75) is 37.9 Å². The Morgan fingerprint density at radius 1 is 1.07 bits per heavy atom. The first kappa shape index (κ1) is 18.7. The van der Waals surface area contributed by atoms with Crippen molar-refractivity contribution in [3.63, 3.8) is 0 Å². The number of amides is 2. The summed E-state index contributed by atoms with van der Waals surface area (Å²) in [4.78, 5) is 30.6. The molecular weight excluding hydrogens is 370 g/mol. The third kappa shape index (κ3) is 4.12. The molecule has 0 radical (unpaired) electrons. The SMILES string of the molecule is O=C(CCC(=O)N1CCN2C=CCC2C1c1ccccc1)NCc1cccs1. The quantitative estimate of drug-likeness (QED) is 0.816. The van der Waals surface area contributed by atoms with E-state index in [1.165, 1.54) is 0 Å². The number of carbonyl (C=O) groups excluding carboxylic acids is 2. The zero-order chi connectivity index (χ0) is 19.3. The van der Waals surface area contributed by atoms with Crippen molar-refractivity contribution in [1.82, 2.24) is 15.1 Å². The predicted octanol–water partition coefficient (Wildman–Crippen LogP) is 3.32. The van der Waals surface area contributed by atoms with E-state index in [9.17, 15) is 9.59 Å². The second-order valence-electron chi connectivity index (χ2n) is 7.22. The predicted molar refractivity (Wildman–Crippen MR) is 111 cm³/mol. The molecule has 6 heteroatoms. The number of hydrogen-bond acceptors (Lipinski definition) is 4. The van der Waals surface area contributed by atoms with Gasteiger partial charge >= 0.3 is 0 Å². The summed E-state index contributed by atoms with van der Waals surface area (Å²) in [6.45, 7) is 2.07. The van der Waals surface area contributed by atoms with E-state index in [1.54, 1.807) is 11.3 Å². The van der Waals surface area contributed by atoms with Crippen LogP contribution < -0.4 is 5.32 Å². The third-order valence-corrected chi connectivity index (χ3v) is 6.34. The molecule has 0 saturated carbocycles. The van der Waals surface area contributed by atoms with Gasteiger partial charge in [0.05, 0.1) is 18.6 Å². The third-order valence-electron chi connectivity index (χ3n) is 5.47. The molecule has 2 unspecified atom stereocenters. The van der Waals surface area contributed by atoms with Gasteiger partial charge in [0, 0.05) is 30.8 Å². The molecule has 4 rings (SSSR count). The number of nitrogens with one attached hydrogen (secondary N) is 1. The fraction of sp³-hybridized carbons (Fsp3) is 0.364. The number of nitrogens with zero attached hydrogens (tertiary/aromatic N) is 2. The molecule has 1 saturated heterocycles. The van der Waals surface area contributed by atoms with Crippen LogP contribution in [0.4, 0.5) is 0 Å². The van der Waals surface area contributed by atoms with Crippen molar-refractivity contribution in [3.05, 3.63) is 70.6 Å². The molecule has 2 atom stereocenters. The number of rotatable bonds is 6. The van der Waals surface area contributed by atoms with Crippen molar-refractivity contribution < 1.29 is 9.59 Å². The Kier molecular flexibility index (Phi) is 5.76. The lowest BCUT2D eigenvalue weighted by molar-refractivity contribution is -0.139. The molecule has 28 heavy (non-hydrogen) atoms. The zero-order valence-electron chi connectivity index (χ0n) is 15.8. The molecule has 0 bridgehead atoms. The Balaban J connectivity index is 1.38. The fourth-order valence-corrected chi connectivity index (χ4v) is 4.73.